The highest BCUT2D eigenvalue weighted by atomic mass is 32.2. The van der Waals surface area contributed by atoms with E-state index in [1.54, 1.807) is 6.92 Å². The van der Waals surface area contributed by atoms with Crippen LogP contribution in [-0.4, -0.2) is 43.5 Å². The maximum Gasteiger partial charge on any atom is 0.244 e. The van der Waals surface area contributed by atoms with Crippen molar-refractivity contribution in [2.24, 2.45) is 0 Å². The van der Waals surface area contributed by atoms with E-state index < -0.39 is 16.6 Å². The zero-order valence-corrected chi connectivity index (χ0v) is 11.5. The molecule has 0 fully saturated rings. The van der Waals surface area contributed by atoms with Crippen LogP contribution in [-0.2, 0) is 21.4 Å². The molecule has 1 aromatic rings. The van der Waals surface area contributed by atoms with Crippen LogP contribution in [0.4, 0.5) is 0 Å². The quantitative estimate of drug-likeness (QED) is 0.646. The highest BCUT2D eigenvalue weighted by Crippen LogP contribution is 2.18. The van der Waals surface area contributed by atoms with E-state index in [0.29, 0.717) is 18.7 Å². The molecule has 1 unspecified atom stereocenters. The predicted molar refractivity (Wildman–Crippen MR) is 65.5 cm³/mol. The summed E-state index contributed by atoms with van der Waals surface area (Å²) in [6, 6.07) is -0.305. The Bertz CT molecular complexity index is 483. The molecule has 0 spiro atoms. The zero-order chi connectivity index (χ0) is 13.8. The van der Waals surface area contributed by atoms with Gasteiger partial charge in [-0.1, -0.05) is 6.92 Å². The van der Waals surface area contributed by atoms with E-state index in [0.717, 1.165) is 0 Å². The van der Waals surface area contributed by atoms with E-state index in [9.17, 15) is 8.42 Å². The lowest BCUT2D eigenvalue weighted by Gasteiger charge is -2.16. The number of nitrogens with one attached hydrogen (secondary N) is 2. The normalized spacial score (nSPS) is 13.8. The van der Waals surface area contributed by atoms with E-state index in [-0.39, 0.29) is 16.6 Å². The van der Waals surface area contributed by atoms with Crippen molar-refractivity contribution in [3.8, 4) is 0 Å². The van der Waals surface area contributed by atoms with Crippen LogP contribution in [0.25, 0.3) is 0 Å². The summed E-state index contributed by atoms with van der Waals surface area (Å²) in [5.74, 6) is 0. The van der Waals surface area contributed by atoms with E-state index in [4.69, 9.17) is 9.84 Å². The van der Waals surface area contributed by atoms with Crippen LogP contribution >= 0.6 is 0 Å². The van der Waals surface area contributed by atoms with Crippen LogP contribution in [0.5, 0.6) is 0 Å². The SMILES string of the molecule is CCC(COC)NS(=O)(=O)c1c(CO)n[nH]c1C. The standard InChI is InChI=1S/C10H19N3O4S/c1-4-8(6-17-3)13-18(15,16)10-7(2)11-12-9(10)5-14/h8,13-14H,4-6H2,1-3H3,(H,11,12). The second-order valence-corrected chi connectivity index (χ2v) is 5.62. The first-order valence-electron chi connectivity index (χ1n) is 5.62. The lowest BCUT2D eigenvalue weighted by molar-refractivity contribution is 0.173. The van der Waals surface area contributed by atoms with Crippen LogP contribution in [0.15, 0.2) is 4.90 Å². The number of ether oxygens (including phenoxy) is 1. The topological polar surface area (TPSA) is 104 Å². The Kier molecular flexibility index (Phi) is 5.27. The molecule has 18 heavy (non-hydrogen) atoms. The van der Waals surface area contributed by atoms with E-state index in [2.05, 4.69) is 14.9 Å². The van der Waals surface area contributed by atoms with Gasteiger partial charge in [0.1, 0.15) is 10.6 Å². The molecule has 0 saturated carbocycles. The molecule has 0 aliphatic rings. The molecule has 0 aliphatic carbocycles. The van der Waals surface area contributed by atoms with Gasteiger partial charge in [0.15, 0.2) is 0 Å². The first-order chi connectivity index (χ1) is 8.46. The fourth-order valence-electron chi connectivity index (χ4n) is 1.65. The molecule has 0 radical (unpaired) electrons. The minimum absolute atomic E-state index is 0.0135. The number of methoxy groups -OCH3 is 1. The fourth-order valence-corrected chi connectivity index (χ4v) is 3.31. The van der Waals surface area contributed by atoms with Crippen LogP contribution in [0, 0.1) is 6.92 Å². The van der Waals surface area contributed by atoms with Gasteiger partial charge in [0.2, 0.25) is 10.0 Å². The molecule has 1 aromatic heterocycles. The van der Waals surface area contributed by atoms with Crippen LogP contribution in [0.2, 0.25) is 0 Å². The van der Waals surface area contributed by atoms with Gasteiger partial charge in [-0.05, 0) is 13.3 Å². The first kappa shape index (κ1) is 15.1. The van der Waals surface area contributed by atoms with Crippen molar-refractivity contribution in [1.82, 2.24) is 14.9 Å². The van der Waals surface area contributed by atoms with Crippen molar-refractivity contribution in [2.45, 2.75) is 37.8 Å². The van der Waals surface area contributed by atoms with E-state index in [1.165, 1.54) is 7.11 Å². The van der Waals surface area contributed by atoms with Gasteiger partial charge in [-0.3, -0.25) is 5.10 Å². The summed E-state index contributed by atoms with van der Waals surface area (Å²) < 4.78 is 31.9. The van der Waals surface area contributed by atoms with E-state index >= 15 is 0 Å². The van der Waals surface area contributed by atoms with Crippen LogP contribution in [0.1, 0.15) is 24.7 Å². The number of hydrogen-bond acceptors (Lipinski definition) is 5. The number of hydrogen-bond donors (Lipinski definition) is 3. The summed E-state index contributed by atoms with van der Waals surface area (Å²) in [5, 5.41) is 15.4. The summed E-state index contributed by atoms with van der Waals surface area (Å²) >= 11 is 0. The predicted octanol–water partition coefficient (Wildman–Crippen LogP) is -0.0863. The number of aliphatic hydroxyl groups is 1. The zero-order valence-electron chi connectivity index (χ0n) is 10.7. The molecule has 8 heteroatoms. The third-order valence-corrected chi connectivity index (χ3v) is 4.29. The molecule has 0 aromatic carbocycles. The lowest BCUT2D eigenvalue weighted by Crippen LogP contribution is -2.38. The smallest absolute Gasteiger partial charge is 0.244 e. The Morgan fingerprint density at radius 1 is 1.56 bits per heavy atom. The summed E-state index contributed by atoms with van der Waals surface area (Å²) in [7, 11) is -2.19. The van der Waals surface area contributed by atoms with Crippen molar-refractivity contribution < 1.29 is 18.3 Å². The number of aromatic nitrogens is 2. The average molecular weight is 277 g/mol. The van der Waals surface area contributed by atoms with Crippen LogP contribution in [0.3, 0.4) is 0 Å². The molecule has 104 valence electrons. The summed E-state index contributed by atoms with van der Waals surface area (Å²) in [4.78, 5) is 0.0135. The van der Waals surface area contributed by atoms with Gasteiger partial charge in [0.25, 0.3) is 0 Å². The number of H-pyrrole nitrogens is 1. The van der Waals surface area contributed by atoms with Crippen molar-refractivity contribution >= 4 is 10.0 Å². The van der Waals surface area contributed by atoms with Gasteiger partial charge in [0, 0.05) is 13.2 Å². The molecule has 1 atom stereocenters. The number of rotatable bonds is 7. The molecule has 3 N–H and O–H groups in total. The molecule has 0 amide bonds. The van der Waals surface area contributed by atoms with Crippen molar-refractivity contribution in [3.63, 3.8) is 0 Å². The second-order valence-electron chi connectivity index (χ2n) is 3.96. The van der Waals surface area contributed by atoms with Gasteiger partial charge in [-0.25, -0.2) is 13.1 Å². The van der Waals surface area contributed by atoms with Crippen molar-refractivity contribution in [2.75, 3.05) is 13.7 Å². The minimum atomic E-state index is -3.71. The largest absolute Gasteiger partial charge is 0.390 e. The fraction of sp³-hybridized carbons (Fsp3) is 0.700. The number of nitrogens with zero attached hydrogens (tertiary/aromatic N) is 1. The number of sulfonamides is 1. The molecule has 0 bridgehead atoms. The van der Waals surface area contributed by atoms with Gasteiger partial charge in [-0.2, -0.15) is 5.10 Å². The molecule has 0 aliphatic heterocycles. The Morgan fingerprint density at radius 3 is 2.72 bits per heavy atom. The van der Waals surface area contributed by atoms with Crippen LogP contribution < -0.4 is 4.72 Å². The monoisotopic (exact) mass is 277 g/mol. The highest BCUT2D eigenvalue weighted by Gasteiger charge is 2.26. The molecular weight excluding hydrogens is 258 g/mol. The van der Waals surface area contributed by atoms with Gasteiger partial charge in [-0.15, -0.1) is 0 Å². The maximum absolute atomic E-state index is 12.2. The van der Waals surface area contributed by atoms with E-state index in [1.807, 2.05) is 6.92 Å². The number of aryl methyl sites for hydroxylation is 1. The Balaban J connectivity index is 3.02. The first-order valence-corrected chi connectivity index (χ1v) is 7.10. The van der Waals surface area contributed by atoms with Gasteiger partial charge >= 0.3 is 0 Å². The number of aromatic amines is 1. The van der Waals surface area contributed by atoms with Gasteiger partial charge < -0.3 is 9.84 Å². The molecule has 1 heterocycles. The Labute approximate surface area is 107 Å². The van der Waals surface area contributed by atoms with Gasteiger partial charge in [0.05, 0.1) is 18.9 Å². The number of aliphatic hydroxyl groups excluding tert-OH is 1. The highest BCUT2D eigenvalue weighted by molar-refractivity contribution is 7.89. The Hall–Kier alpha value is -0.960. The third kappa shape index (κ3) is 3.29. The molecule has 1 rings (SSSR count). The molecule has 0 saturated heterocycles. The average Bonchev–Trinajstić information content (AvgIpc) is 2.70. The second kappa shape index (κ2) is 6.28. The third-order valence-electron chi connectivity index (χ3n) is 2.56. The minimum Gasteiger partial charge on any atom is -0.390 e. The Morgan fingerprint density at radius 2 is 2.22 bits per heavy atom. The summed E-state index contributed by atoms with van der Waals surface area (Å²) in [5.41, 5.74) is 0.520. The van der Waals surface area contributed by atoms with Crippen molar-refractivity contribution in [3.05, 3.63) is 11.4 Å². The summed E-state index contributed by atoms with van der Waals surface area (Å²) in [6.07, 6.45) is 0.610. The van der Waals surface area contributed by atoms with Crippen molar-refractivity contribution in [1.29, 1.82) is 0 Å². The summed E-state index contributed by atoms with van der Waals surface area (Å²) in [6.45, 7) is 3.32. The lowest BCUT2D eigenvalue weighted by atomic mass is 10.3. The molecular formula is C10H19N3O4S. The maximum atomic E-state index is 12.2. The molecule has 7 nitrogen and oxygen atoms in total.